The fourth-order valence-corrected chi connectivity index (χ4v) is 4.06. The Morgan fingerprint density at radius 3 is 2.69 bits per heavy atom. The van der Waals surface area contributed by atoms with Gasteiger partial charge in [-0.05, 0) is 36.5 Å². The zero-order chi connectivity index (χ0) is 19.0. The second-order valence-corrected chi connectivity index (χ2v) is 8.40. The summed E-state index contributed by atoms with van der Waals surface area (Å²) in [6.07, 6.45) is 2.45. The minimum Gasteiger partial charge on any atom is -0.383 e. The van der Waals surface area contributed by atoms with Gasteiger partial charge in [0.05, 0.1) is 11.5 Å². The monoisotopic (exact) mass is 382 g/mol. The number of likely N-dealkylation sites (tertiary alicyclic amines) is 1. The number of ether oxygens (including phenoxy) is 1. The van der Waals surface area contributed by atoms with E-state index in [2.05, 4.69) is 26.9 Å². The van der Waals surface area contributed by atoms with Gasteiger partial charge in [0.2, 0.25) is 10.0 Å². The normalized spacial score (nSPS) is 18.8. The van der Waals surface area contributed by atoms with Gasteiger partial charge in [0.1, 0.15) is 0 Å². The van der Waals surface area contributed by atoms with Gasteiger partial charge < -0.3 is 15.0 Å². The third-order valence-corrected chi connectivity index (χ3v) is 5.93. The average molecular weight is 383 g/mol. The summed E-state index contributed by atoms with van der Waals surface area (Å²) in [6, 6.07) is 6.89. The zero-order valence-corrected chi connectivity index (χ0v) is 16.7. The molecule has 26 heavy (non-hydrogen) atoms. The second-order valence-electron chi connectivity index (χ2n) is 6.63. The number of hydrogen-bond acceptors (Lipinski definition) is 4. The third-order valence-electron chi connectivity index (χ3n) is 4.45. The van der Waals surface area contributed by atoms with Crippen molar-refractivity contribution in [3.63, 3.8) is 0 Å². The molecule has 0 aromatic heterocycles. The van der Waals surface area contributed by atoms with Crippen molar-refractivity contribution in [1.29, 1.82) is 0 Å². The summed E-state index contributed by atoms with van der Waals surface area (Å²) in [5.41, 5.74) is 1.01. The summed E-state index contributed by atoms with van der Waals surface area (Å²) in [7, 11) is -0.160. The smallest absolute Gasteiger partial charge is 0.240 e. The molecule has 2 rings (SSSR count). The standard InChI is InChI=1S/C18H30N4O3S/c1-15-5-4-11-22(14-15)18(19-2)20-13-16-6-8-17(9-7-16)26(23,24)21-10-12-25-3/h6-9,15,21H,4-5,10-14H2,1-3H3,(H,19,20). The largest absolute Gasteiger partial charge is 0.383 e. The van der Waals surface area contributed by atoms with Crippen LogP contribution in [0.1, 0.15) is 25.3 Å². The molecule has 1 heterocycles. The van der Waals surface area contributed by atoms with E-state index >= 15 is 0 Å². The maximum Gasteiger partial charge on any atom is 0.240 e. The minimum absolute atomic E-state index is 0.256. The fourth-order valence-electron chi connectivity index (χ4n) is 3.04. The van der Waals surface area contributed by atoms with Crippen LogP contribution in [-0.4, -0.2) is 59.7 Å². The molecule has 0 radical (unpaired) electrons. The molecule has 1 unspecified atom stereocenters. The highest BCUT2D eigenvalue weighted by Crippen LogP contribution is 2.16. The van der Waals surface area contributed by atoms with Gasteiger partial charge in [0.25, 0.3) is 0 Å². The van der Waals surface area contributed by atoms with Crippen LogP contribution in [0.25, 0.3) is 0 Å². The van der Waals surface area contributed by atoms with Crippen LogP contribution >= 0.6 is 0 Å². The molecule has 1 saturated heterocycles. The number of nitrogens with zero attached hydrogens (tertiary/aromatic N) is 2. The van der Waals surface area contributed by atoms with E-state index in [1.54, 1.807) is 19.2 Å². The summed E-state index contributed by atoms with van der Waals surface area (Å²) >= 11 is 0. The van der Waals surface area contributed by atoms with Crippen LogP contribution in [0.4, 0.5) is 0 Å². The molecule has 1 aromatic rings. The van der Waals surface area contributed by atoms with Gasteiger partial charge in [-0.1, -0.05) is 19.1 Å². The first-order valence-electron chi connectivity index (χ1n) is 8.99. The summed E-state index contributed by atoms with van der Waals surface area (Å²) in [6.45, 7) is 5.51. The van der Waals surface area contributed by atoms with Gasteiger partial charge in [0.15, 0.2) is 5.96 Å². The molecule has 0 saturated carbocycles. The SMILES string of the molecule is CN=C(NCc1ccc(S(=O)(=O)NCCOC)cc1)N1CCCC(C)C1. The van der Waals surface area contributed by atoms with E-state index in [1.807, 2.05) is 12.1 Å². The van der Waals surface area contributed by atoms with Crippen molar-refractivity contribution >= 4 is 16.0 Å². The molecular weight excluding hydrogens is 352 g/mol. The van der Waals surface area contributed by atoms with E-state index in [0.29, 0.717) is 19.1 Å². The number of aliphatic imine (C=N–C) groups is 1. The van der Waals surface area contributed by atoms with Gasteiger partial charge in [-0.2, -0.15) is 0 Å². The van der Waals surface area contributed by atoms with E-state index in [0.717, 1.165) is 24.6 Å². The molecule has 1 fully saturated rings. The topological polar surface area (TPSA) is 83.0 Å². The molecule has 1 atom stereocenters. The van der Waals surface area contributed by atoms with Gasteiger partial charge in [-0.15, -0.1) is 0 Å². The maximum atomic E-state index is 12.2. The molecule has 0 bridgehead atoms. The Bertz CT molecular complexity index is 689. The van der Waals surface area contributed by atoms with E-state index in [4.69, 9.17) is 4.74 Å². The van der Waals surface area contributed by atoms with Crippen molar-refractivity contribution < 1.29 is 13.2 Å². The van der Waals surface area contributed by atoms with E-state index in [9.17, 15) is 8.42 Å². The number of rotatable bonds is 7. The molecular formula is C18H30N4O3S. The lowest BCUT2D eigenvalue weighted by Gasteiger charge is -2.33. The fraction of sp³-hybridized carbons (Fsp3) is 0.611. The van der Waals surface area contributed by atoms with Gasteiger partial charge in [0, 0.05) is 40.3 Å². The Morgan fingerprint density at radius 2 is 2.08 bits per heavy atom. The van der Waals surface area contributed by atoms with E-state index in [-0.39, 0.29) is 11.4 Å². The summed E-state index contributed by atoms with van der Waals surface area (Å²) in [5.74, 6) is 1.58. The van der Waals surface area contributed by atoms with Gasteiger partial charge >= 0.3 is 0 Å². The first-order valence-corrected chi connectivity index (χ1v) is 10.5. The lowest BCUT2D eigenvalue weighted by Crippen LogP contribution is -2.45. The maximum absolute atomic E-state index is 12.2. The lowest BCUT2D eigenvalue weighted by molar-refractivity contribution is 0.204. The van der Waals surface area contributed by atoms with Crippen molar-refractivity contribution in [3.05, 3.63) is 29.8 Å². The first kappa shape index (κ1) is 20.7. The quantitative estimate of drug-likeness (QED) is 0.423. The van der Waals surface area contributed by atoms with Crippen LogP contribution in [0.3, 0.4) is 0 Å². The molecule has 1 aromatic carbocycles. The summed E-state index contributed by atoms with van der Waals surface area (Å²) in [5, 5.41) is 3.37. The molecule has 7 nitrogen and oxygen atoms in total. The predicted molar refractivity (Wildman–Crippen MR) is 104 cm³/mol. The highest BCUT2D eigenvalue weighted by atomic mass is 32.2. The molecule has 146 valence electrons. The Labute approximate surface area is 156 Å². The highest BCUT2D eigenvalue weighted by Gasteiger charge is 2.19. The number of hydrogen-bond donors (Lipinski definition) is 2. The van der Waals surface area contributed by atoms with Crippen molar-refractivity contribution in [2.45, 2.75) is 31.2 Å². The number of guanidine groups is 1. The number of piperidine rings is 1. The van der Waals surface area contributed by atoms with Crippen molar-refractivity contribution in [2.75, 3.05) is 40.4 Å². The number of sulfonamides is 1. The Hall–Kier alpha value is -1.64. The van der Waals surface area contributed by atoms with Gasteiger partial charge in [-0.3, -0.25) is 4.99 Å². The zero-order valence-electron chi connectivity index (χ0n) is 15.9. The third kappa shape index (κ3) is 5.96. The van der Waals surface area contributed by atoms with Crippen LogP contribution < -0.4 is 10.0 Å². The van der Waals surface area contributed by atoms with Crippen molar-refractivity contribution in [1.82, 2.24) is 14.9 Å². The van der Waals surface area contributed by atoms with Crippen LogP contribution in [-0.2, 0) is 21.3 Å². The molecule has 0 aliphatic carbocycles. The van der Waals surface area contributed by atoms with Crippen molar-refractivity contribution in [3.8, 4) is 0 Å². The molecule has 1 aliphatic rings. The molecule has 2 N–H and O–H groups in total. The van der Waals surface area contributed by atoms with Crippen LogP contribution in [0, 0.1) is 5.92 Å². The van der Waals surface area contributed by atoms with E-state index < -0.39 is 10.0 Å². The summed E-state index contributed by atoms with van der Waals surface area (Å²) < 4.78 is 31.7. The van der Waals surface area contributed by atoms with Crippen LogP contribution in [0.2, 0.25) is 0 Å². The highest BCUT2D eigenvalue weighted by molar-refractivity contribution is 7.89. The Kier molecular flexibility index (Phi) is 7.86. The Balaban J connectivity index is 1.92. The number of methoxy groups -OCH3 is 1. The lowest BCUT2D eigenvalue weighted by atomic mass is 10.0. The van der Waals surface area contributed by atoms with Gasteiger partial charge in [-0.25, -0.2) is 13.1 Å². The number of nitrogens with one attached hydrogen (secondary N) is 2. The minimum atomic E-state index is -3.49. The summed E-state index contributed by atoms with van der Waals surface area (Å²) in [4.78, 5) is 6.91. The molecule has 0 amide bonds. The molecule has 8 heteroatoms. The molecule has 1 aliphatic heterocycles. The number of benzene rings is 1. The Morgan fingerprint density at radius 1 is 1.35 bits per heavy atom. The predicted octanol–water partition coefficient (Wildman–Crippen LogP) is 1.42. The van der Waals surface area contributed by atoms with E-state index in [1.165, 1.54) is 20.0 Å². The average Bonchev–Trinajstić information content (AvgIpc) is 2.63. The second kappa shape index (κ2) is 9.89. The van der Waals surface area contributed by atoms with Crippen LogP contribution in [0.5, 0.6) is 0 Å². The van der Waals surface area contributed by atoms with Crippen molar-refractivity contribution in [2.24, 2.45) is 10.9 Å². The first-order chi connectivity index (χ1) is 12.5. The molecule has 0 spiro atoms. The van der Waals surface area contributed by atoms with Crippen LogP contribution in [0.15, 0.2) is 34.2 Å².